The molecule has 5 nitrogen and oxygen atoms in total. The fourth-order valence-electron chi connectivity index (χ4n) is 4.80. The van der Waals surface area contributed by atoms with Crippen molar-refractivity contribution >= 4 is 5.71 Å². The number of hydrogen-bond acceptors (Lipinski definition) is 5. The lowest BCUT2D eigenvalue weighted by molar-refractivity contribution is -0.110. The van der Waals surface area contributed by atoms with Gasteiger partial charge in [-0.2, -0.15) is 0 Å². The molecule has 1 aliphatic rings. The van der Waals surface area contributed by atoms with Crippen LogP contribution in [-0.4, -0.2) is 46.1 Å². The fraction of sp³-hybridized carbons (Fsp3) is 0.750. The van der Waals surface area contributed by atoms with Gasteiger partial charge in [-0.05, 0) is 91.8 Å². The maximum atomic E-state index is 9.17. The first-order chi connectivity index (χ1) is 13.6. The largest absolute Gasteiger partial charge is 0.411 e. The third-order valence-corrected chi connectivity index (χ3v) is 7.21. The molecule has 29 heavy (non-hydrogen) atoms. The molecule has 0 spiro atoms. The number of rotatable bonds is 10. The average molecular weight is 404 g/mol. The normalized spacial score (nSPS) is 21.7. The molecule has 0 unspecified atom stereocenters. The zero-order valence-corrected chi connectivity index (χ0v) is 19.6. The van der Waals surface area contributed by atoms with Crippen molar-refractivity contribution in [3.05, 3.63) is 29.6 Å². The minimum Gasteiger partial charge on any atom is -0.411 e. The number of hydrogen-bond donors (Lipinski definition) is 1. The van der Waals surface area contributed by atoms with E-state index in [4.69, 9.17) is 9.94 Å². The van der Waals surface area contributed by atoms with Crippen LogP contribution in [0.4, 0.5) is 0 Å². The molecule has 1 N–H and O–H groups in total. The lowest BCUT2D eigenvalue weighted by Gasteiger charge is -2.46. The number of likely N-dealkylation sites (tertiary alicyclic amines) is 1. The second-order valence-electron chi connectivity index (χ2n) is 9.52. The van der Waals surface area contributed by atoms with Crippen LogP contribution in [0.3, 0.4) is 0 Å². The summed E-state index contributed by atoms with van der Waals surface area (Å²) in [5, 5.41) is 12.6. The van der Waals surface area contributed by atoms with Gasteiger partial charge in [0, 0.05) is 36.0 Å². The summed E-state index contributed by atoms with van der Waals surface area (Å²) < 4.78 is 6.29. The molecular weight excluding hydrogens is 362 g/mol. The molecule has 1 saturated heterocycles. The standard InChI is InChI=1S/C24H41N3O2/c1-8-21(26-28)11-10-14-24(23(6,7)29-9-2)15-16-27(18-24)22(4,5)20-13-12-19(3)25-17-20/h12-13,17,28H,8-11,14-16,18H2,1-7H3/b26-21+/t24-/m1/s1. The SMILES string of the molecule is CCOC(C)(C)[C@]1(CCC/C(CC)=N/O)CCN(C(C)(C)c2ccc(C)nc2)C1. The first-order valence-electron chi connectivity index (χ1n) is 11.1. The second kappa shape index (κ2) is 9.57. The topological polar surface area (TPSA) is 58.0 Å². The Hall–Kier alpha value is -1.46. The van der Waals surface area contributed by atoms with Crippen molar-refractivity contribution in [2.24, 2.45) is 10.6 Å². The van der Waals surface area contributed by atoms with Gasteiger partial charge in [0.1, 0.15) is 0 Å². The van der Waals surface area contributed by atoms with Crippen molar-refractivity contribution in [1.82, 2.24) is 9.88 Å². The van der Waals surface area contributed by atoms with Crippen molar-refractivity contribution in [3.8, 4) is 0 Å². The zero-order chi connectivity index (χ0) is 21.7. The summed E-state index contributed by atoms with van der Waals surface area (Å²) in [5.74, 6) is 0. The van der Waals surface area contributed by atoms with Crippen LogP contribution in [0.25, 0.3) is 0 Å². The fourth-order valence-corrected chi connectivity index (χ4v) is 4.80. The number of pyridine rings is 1. The Morgan fingerprint density at radius 2 is 2.00 bits per heavy atom. The monoisotopic (exact) mass is 403 g/mol. The first kappa shape index (κ1) is 23.8. The van der Waals surface area contributed by atoms with Crippen molar-refractivity contribution in [2.45, 2.75) is 91.7 Å². The molecule has 0 saturated carbocycles. The lowest BCUT2D eigenvalue weighted by Crippen LogP contribution is -2.50. The molecule has 2 rings (SSSR count). The highest BCUT2D eigenvalue weighted by atomic mass is 16.5. The zero-order valence-electron chi connectivity index (χ0n) is 19.6. The summed E-state index contributed by atoms with van der Waals surface area (Å²) in [5.41, 5.74) is 2.98. The number of nitrogens with zero attached hydrogens (tertiary/aromatic N) is 3. The summed E-state index contributed by atoms with van der Waals surface area (Å²) in [6.07, 6.45) is 6.87. The van der Waals surface area contributed by atoms with E-state index in [0.29, 0.717) is 0 Å². The van der Waals surface area contributed by atoms with Gasteiger partial charge in [0.05, 0.1) is 11.3 Å². The average Bonchev–Trinajstić information content (AvgIpc) is 3.13. The maximum absolute atomic E-state index is 9.17. The summed E-state index contributed by atoms with van der Waals surface area (Å²) >= 11 is 0. The predicted octanol–water partition coefficient (Wildman–Crippen LogP) is 5.54. The third kappa shape index (κ3) is 5.18. The van der Waals surface area contributed by atoms with Crippen molar-refractivity contribution in [2.75, 3.05) is 19.7 Å². The number of ether oxygens (including phenoxy) is 1. The van der Waals surface area contributed by atoms with Gasteiger partial charge in [0.2, 0.25) is 0 Å². The highest BCUT2D eigenvalue weighted by Crippen LogP contribution is 2.49. The molecule has 0 aliphatic carbocycles. The van der Waals surface area contributed by atoms with Gasteiger partial charge in [-0.3, -0.25) is 9.88 Å². The summed E-state index contributed by atoms with van der Waals surface area (Å²) in [6, 6.07) is 4.31. The van der Waals surface area contributed by atoms with E-state index in [9.17, 15) is 0 Å². The minimum atomic E-state index is -0.207. The molecule has 2 heterocycles. The highest BCUT2D eigenvalue weighted by molar-refractivity contribution is 5.83. The van der Waals surface area contributed by atoms with Crippen LogP contribution in [0.5, 0.6) is 0 Å². The smallest absolute Gasteiger partial charge is 0.0695 e. The van der Waals surface area contributed by atoms with Gasteiger partial charge >= 0.3 is 0 Å². The molecule has 0 bridgehead atoms. The van der Waals surface area contributed by atoms with Crippen LogP contribution in [0.15, 0.2) is 23.5 Å². The first-order valence-corrected chi connectivity index (χ1v) is 11.1. The van der Waals surface area contributed by atoms with Crippen LogP contribution < -0.4 is 0 Å². The Labute approximate surface area is 177 Å². The van der Waals surface area contributed by atoms with Gasteiger partial charge in [-0.1, -0.05) is 18.1 Å². The Kier molecular flexibility index (Phi) is 7.86. The Balaban J connectivity index is 2.23. The van der Waals surface area contributed by atoms with Gasteiger partial charge in [0.15, 0.2) is 0 Å². The quantitative estimate of drug-likeness (QED) is 0.316. The minimum absolute atomic E-state index is 0.0761. The number of oxime groups is 1. The molecule has 1 atom stereocenters. The predicted molar refractivity (Wildman–Crippen MR) is 120 cm³/mol. The summed E-state index contributed by atoms with van der Waals surface area (Å²) in [4.78, 5) is 7.13. The van der Waals surface area contributed by atoms with Crippen LogP contribution >= 0.6 is 0 Å². The van der Waals surface area contributed by atoms with Gasteiger partial charge in [0.25, 0.3) is 0 Å². The molecule has 1 aliphatic heterocycles. The van der Waals surface area contributed by atoms with E-state index >= 15 is 0 Å². The Morgan fingerprint density at radius 1 is 1.28 bits per heavy atom. The van der Waals surface area contributed by atoms with Crippen LogP contribution in [-0.2, 0) is 10.3 Å². The molecule has 0 radical (unpaired) electrons. The van der Waals surface area contributed by atoms with Crippen molar-refractivity contribution < 1.29 is 9.94 Å². The van der Waals surface area contributed by atoms with E-state index in [-0.39, 0.29) is 16.6 Å². The van der Waals surface area contributed by atoms with E-state index in [1.54, 1.807) is 0 Å². The summed E-state index contributed by atoms with van der Waals surface area (Å²) in [7, 11) is 0. The third-order valence-electron chi connectivity index (χ3n) is 7.21. The molecule has 0 aromatic carbocycles. The van der Waals surface area contributed by atoms with E-state index in [0.717, 1.165) is 63.2 Å². The number of aromatic nitrogens is 1. The van der Waals surface area contributed by atoms with Crippen molar-refractivity contribution in [3.63, 3.8) is 0 Å². The molecule has 5 heteroatoms. The maximum Gasteiger partial charge on any atom is 0.0695 e. The van der Waals surface area contributed by atoms with Crippen molar-refractivity contribution in [1.29, 1.82) is 0 Å². The number of aryl methyl sites for hydroxylation is 1. The van der Waals surface area contributed by atoms with E-state index < -0.39 is 0 Å². The molecule has 1 fully saturated rings. The van der Waals surface area contributed by atoms with E-state index in [2.05, 4.69) is 61.8 Å². The van der Waals surface area contributed by atoms with Gasteiger partial charge in [-0.25, -0.2) is 0 Å². The molecule has 0 amide bonds. The molecule has 164 valence electrons. The van der Waals surface area contributed by atoms with Gasteiger partial charge in [-0.15, -0.1) is 0 Å². The highest BCUT2D eigenvalue weighted by Gasteiger charge is 2.52. The van der Waals surface area contributed by atoms with Crippen LogP contribution in [0.2, 0.25) is 0 Å². The molecular formula is C24H41N3O2. The van der Waals surface area contributed by atoms with Crippen LogP contribution in [0, 0.1) is 12.3 Å². The van der Waals surface area contributed by atoms with Crippen LogP contribution in [0.1, 0.15) is 84.9 Å². The molecule has 1 aromatic rings. The molecule has 1 aromatic heterocycles. The summed E-state index contributed by atoms with van der Waals surface area (Å²) in [6.45, 7) is 18.0. The van der Waals surface area contributed by atoms with E-state index in [1.807, 2.05) is 20.0 Å². The Bertz CT molecular complexity index is 682. The second-order valence-corrected chi connectivity index (χ2v) is 9.52. The van der Waals surface area contributed by atoms with Gasteiger partial charge < -0.3 is 9.94 Å². The van der Waals surface area contributed by atoms with E-state index in [1.165, 1.54) is 5.56 Å². The lowest BCUT2D eigenvalue weighted by atomic mass is 9.69. The Morgan fingerprint density at radius 3 is 2.55 bits per heavy atom.